The molecule has 1 saturated heterocycles. The molecule has 1 aliphatic rings. The lowest BCUT2D eigenvalue weighted by atomic mass is 9.93. The second-order valence-electron chi connectivity index (χ2n) is 11.2. The number of esters is 1. The van der Waals surface area contributed by atoms with Gasteiger partial charge in [-0.3, -0.25) is 19.2 Å². The number of ether oxygens (including phenoxy) is 2. The van der Waals surface area contributed by atoms with Crippen LogP contribution in [-0.2, 0) is 34.6 Å². The Morgan fingerprint density at radius 2 is 1.72 bits per heavy atom. The second kappa shape index (κ2) is 17.3. The summed E-state index contributed by atoms with van der Waals surface area (Å²) in [5.74, 6) is -7.99. The van der Waals surface area contributed by atoms with E-state index in [0.717, 1.165) is 25.1 Å². The number of alkyl carbamates (subject to hydrolysis) is 1. The summed E-state index contributed by atoms with van der Waals surface area (Å²) in [5, 5.41) is 10.2. The van der Waals surface area contributed by atoms with Gasteiger partial charge >= 0.3 is 18.0 Å². The van der Waals surface area contributed by atoms with E-state index in [-0.39, 0.29) is 30.9 Å². The maximum Gasteiger partial charge on any atom is 0.408 e. The van der Waals surface area contributed by atoms with Crippen molar-refractivity contribution in [2.75, 3.05) is 13.1 Å². The zero-order valence-electron chi connectivity index (χ0n) is 26.5. The number of hydrogen-bond acceptors (Lipinski definition) is 7. The summed E-state index contributed by atoms with van der Waals surface area (Å²) in [6.07, 6.45) is -3.60. The number of nitrogens with one attached hydrogen (secondary N) is 4. The number of likely N-dealkylation sites (N-methyl/N-ethyl adjacent to an activating group) is 1. The largest absolute Gasteiger partial charge is 0.450 e. The number of halogens is 3. The molecule has 0 aliphatic carbocycles. The molecule has 0 saturated carbocycles. The van der Waals surface area contributed by atoms with E-state index in [0.29, 0.717) is 31.9 Å². The molecule has 2 aromatic rings. The zero-order valence-corrected chi connectivity index (χ0v) is 26.5. The summed E-state index contributed by atoms with van der Waals surface area (Å²) in [4.78, 5) is 64.2. The standard InChI is InChI=1S/C33H41F3N4O7/c1-4-6-15-25(30(43)39-26(18-22-16-17-38-29(22)42)27(46-20(3)41)31(44)37-5-2)40-32(45)47-28(21-11-8-7-9-12-21)33(35,36)23-13-10-14-24(34)19-23/h7-14,19,22,25-28H,4-6,15-18H2,1-3H3,(H,37,44)(H,38,42)(H,39,43)(H,40,45)/t22-,25-,26-,27?,28?/m0/s1. The van der Waals surface area contributed by atoms with Crippen molar-refractivity contribution in [1.29, 1.82) is 0 Å². The molecular weight excluding hydrogens is 621 g/mol. The number of rotatable bonds is 16. The number of hydrogen-bond donors (Lipinski definition) is 4. The van der Waals surface area contributed by atoms with Crippen molar-refractivity contribution in [2.24, 2.45) is 5.92 Å². The number of amides is 4. The molecular formula is C33H41F3N4O7. The molecule has 0 aromatic heterocycles. The topological polar surface area (TPSA) is 152 Å². The first-order chi connectivity index (χ1) is 22.4. The average molecular weight is 663 g/mol. The Hall–Kier alpha value is -4.62. The lowest BCUT2D eigenvalue weighted by molar-refractivity contribution is -0.157. The molecule has 4 N–H and O–H groups in total. The highest BCUT2D eigenvalue weighted by Gasteiger charge is 2.46. The molecule has 0 radical (unpaired) electrons. The van der Waals surface area contributed by atoms with Gasteiger partial charge in [0.1, 0.15) is 11.9 Å². The smallest absolute Gasteiger partial charge is 0.408 e. The SMILES string of the molecule is CCCC[C@H](NC(=O)OC(c1ccccc1)C(F)(F)c1cccc(F)c1)C(=O)N[C@@H](C[C@@H]1CCNC1=O)C(OC(C)=O)C(=O)NCC. The van der Waals surface area contributed by atoms with E-state index in [2.05, 4.69) is 21.3 Å². The third kappa shape index (κ3) is 10.4. The summed E-state index contributed by atoms with van der Waals surface area (Å²) in [6, 6.07) is 8.46. The van der Waals surface area contributed by atoms with Crippen LogP contribution in [0.3, 0.4) is 0 Å². The fourth-order valence-corrected chi connectivity index (χ4v) is 5.28. The van der Waals surface area contributed by atoms with Gasteiger partial charge in [0.25, 0.3) is 5.91 Å². The number of benzene rings is 2. The van der Waals surface area contributed by atoms with Crippen LogP contribution in [0.2, 0.25) is 0 Å². The zero-order chi connectivity index (χ0) is 34.6. The van der Waals surface area contributed by atoms with Crippen LogP contribution in [0, 0.1) is 11.7 Å². The van der Waals surface area contributed by atoms with Crippen molar-refractivity contribution in [3.8, 4) is 0 Å². The highest BCUT2D eigenvalue weighted by atomic mass is 19.3. The number of carbonyl (C=O) groups excluding carboxylic acids is 5. The van der Waals surface area contributed by atoms with Crippen molar-refractivity contribution in [1.82, 2.24) is 21.3 Å². The van der Waals surface area contributed by atoms with E-state index in [1.54, 1.807) is 13.0 Å². The fraction of sp³-hybridized carbons (Fsp3) is 0.485. The molecule has 5 atom stereocenters. The van der Waals surface area contributed by atoms with Crippen LogP contribution < -0.4 is 21.3 Å². The molecule has 1 heterocycles. The molecule has 1 fully saturated rings. The maximum atomic E-state index is 15.8. The van der Waals surface area contributed by atoms with Crippen LogP contribution in [0.1, 0.15) is 70.1 Å². The lowest BCUT2D eigenvalue weighted by Crippen LogP contribution is -2.57. The molecule has 3 rings (SSSR count). The monoisotopic (exact) mass is 662 g/mol. The van der Waals surface area contributed by atoms with Crippen molar-refractivity contribution in [2.45, 2.75) is 83.1 Å². The molecule has 11 nitrogen and oxygen atoms in total. The van der Waals surface area contributed by atoms with E-state index < -0.39 is 71.4 Å². The number of unbranched alkanes of at least 4 members (excludes halogenated alkanes) is 1. The van der Waals surface area contributed by atoms with E-state index in [1.807, 2.05) is 6.92 Å². The van der Waals surface area contributed by atoms with Crippen LogP contribution in [0.4, 0.5) is 18.0 Å². The van der Waals surface area contributed by atoms with Gasteiger partial charge < -0.3 is 30.7 Å². The highest BCUT2D eigenvalue weighted by Crippen LogP contribution is 2.43. The number of alkyl halides is 2. The predicted octanol–water partition coefficient (Wildman–Crippen LogP) is 4.02. The van der Waals surface area contributed by atoms with E-state index in [1.165, 1.54) is 24.3 Å². The van der Waals surface area contributed by atoms with Crippen molar-refractivity contribution in [3.05, 3.63) is 71.5 Å². The van der Waals surface area contributed by atoms with Gasteiger partial charge in [-0.05, 0) is 43.9 Å². The molecule has 256 valence electrons. The molecule has 47 heavy (non-hydrogen) atoms. The first kappa shape index (κ1) is 36.8. The Balaban J connectivity index is 1.88. The van der Waals surface area contributed by atoms with E-state index in [4.69, 9.17) is 9.47 Å². The van der Waals surface area contributed by atoms with E-state index >= 15 is 8.78 Å². The normalized spacial score (nSPS) is 17.0. The van der Waals surface area contributed by atoms with Crippen LogP contribution >= 0.6 is 0 Å². The van der Waals surface area contributed by atoms with Gasteiger partial charge in [-0.25, -0.2) is 9.18 Å². The second-order valence-corrected chi connectivity index (χ2v) is 11.2. The van der Waals surface area contributed by atoms with Crippen LogP contribution in [-0.4, -0.2) is 61.1 Å². The number of carbonyl (C=O) groups is 5. The Kier molecular flexibility index (Phi) is 13.6. The first-order valence-electron chi connectivity index (χ1n) is 15.6. The summed E-state index contributed by atoms with van der Waals surface area (Å²) in [7, 11) is 0. The molecule has 1 aliphatic heterocycles. The summed E-state index contributed by atoms with van der Waals surface area (Å²) in [5.41, 5.74) is -0.798. The average Bonchev–Trinajstić information content (AvgIpc) is 3.44. The predicted molar refractivity (Wildman–Crippen MR) is 164 cm³/mol. The van der Waals surface area contributed by atoms with Crippen molar-refractivity contribution < 1.29 is 46.6 Å². The van der Waals surface area contributed by atoms with Gasteiger partial charge in [-0.1, -0.05) is 62.2 Å². The Bertz CT molecular complexity index is 1400. The quantitative estimate of drug-likeness (QED) is 0.198. The highest BCUT2D eigenvalue weighted by molar-refractivity contribution is 5.89. The maximum absolute atomic E-state index is 15.8. The van der Waals surface area contributed by atoms with Gasteiger partial charge in [0.2, 0.25) is 11.8 Å². The van der Waals surface area contributed by atoms with Gasteiger partial charge in [-0.2, -0.15) is 8.78 Å². The minimum absolute atomic E-state index is 0.0593. The Labute approximate surface area is 271 Å². The fourth-order valence-electron chi connectivity index (χ4n) is 5.28. The minimum Gasteiger partial charge on any atom is -0.450 e. The third-order valence-corrected chi connectivity index (χ3v) is 7.62. The summed E-state index contributed by atoms with van der Waals surface area (Å²) in [6.45, 7) is 5.16. The Morgan fingerprint density at radius 3 is 2.32 bits per heavy atom. The molecule has 0 bridgehead atoms. The van der Waals surface area contributed by atoms with Gasteiger partial charge in [0.05, 0.1) is 6.04 Å². The molecule has 0 spiro atoms. The molecule has 14 heteroatoms. The summed E-state index contributed by atoms with van der Waals surface area (Å²) < 4.78 is 56.1. The van der Waals surface area contributed by atoms with Crippen molar-refractivity contribution >= 4 is 29.8 Å². The van der Waals surface area contributed by atoms with Gasteiger partial charge in [0, 0.05) is 31.5 Å². The minimum atomic E-state index is -3.88. The Morgan fingerprint density at radius 1 is 1.00 bits per heavy atom. The summed E-state index contributed by atoms with van der Waals surface area (Å²) >= 11 is 0. The van der Waals surface area contributed by atoms with Crippen molar-refractivity contribution in [3.63, 3.8) is 0 Å². The first-order valence-corrected chi connectivity index (χ1v) is 15.6. The van der Waals surface area contributed by atoms with Gasteiger partial charge in [-0.15, -0.1) is 0 Å². The molecule has 2 aromatic carbocycles. The molecule has 2 unspecified atom stereocenters. The van der Waals surface area contributed by atoms with Crippen LogP contribution in [0.15, 0.2) is 54.6 Å². The van der Waals surface area contributed by atoms with Crippen LogP contribution in [0.5, 0.6) is 0 Å². The van der Waals surface area contributed by atoms with Gasteiger partial charge in [0.15, 0.2) is 12.2 Å². The van der Waals surface area contributed by atoms with E-state index in [9.17, 15) is 28.4 Å². The lowest BCUT2D eigenvalue weighted by Gasteiger charge is -2.30. The van der Waals surface area contributed by atoms with Crippen LogP contribution in [0.25, 0.3) is 0 Å². The third-order valence-electron chi connectivity index (χ3n) is 7.62. The molecule has 4 amide bonds.